The van der Waals surface area contributed by atoms with Gasteiger partial charge in [-0.05, 0) is 47.7 Å². The van der Waals surface area contributed by atoms with Crippen molar-refractivity contribution in [3.63, 3.8) is 0 Å². The second kappa shape index (κ2) is 8.19. The number of esters is 1. The SMILES string of the molecule is COC(=O)C[n+]1c(-c2ccccc2)cc(-c2ccccc2)c2c1-c1ccccc1CC2. The molecule has 152 valence electrons. The van der Waals surface area contributed by atoms with Gasteiger partial charge >= 0.3 is 5.97 Å². The Morgan fingerprint density at radius 2 is 1.45 bits per heavy atom. The van der Waals surface area contributed by atoms with Crippen LogP contribution in [0, 0.1) is 0 Å². The van der Waals surface area contributed by atoms with E-state index in [9.17, 15) is 4.79 Å². The molecule has 4 aromatic rings. The fourth-order valence-electron chi connectivity index (χ4n) is 4.58. The fraction of sp³-hybridized carbons (Fsp3) is 0.143. The van der Waals surface area contributed by atoms with Gasteiger partial charge in [0.15, 0.2) is 0 Å². The van der Waals surface area contributed by atoms with Crippen LogP contribution in [-0.4, -0.2) is 13.1 Å². The summed E-state index contributed by atoms with van der Waals surface area (Å²) in [6.45, 7) is 0.173. The summed E-state index contributed by atoms with van der Waals surface area (Å²) in [5.74, 6) is -0.250. The van der Waals surface area contributed by atoms with Crippen LogP contribution in [-0.2, 0) is 28.9 Å². The first-order valence-corrected chi connectivity index (χ1v) is 10.6. The quantitative estimate of drug-likeness (QED) is 0.342. The molecule has 1 aliphatic rings. The molecule has 1 aromatic heterocycles. The number of ether oxygens (including phenoxy) is 1. The monoisotopic (exact) mass is 406 g/mol. The lowest BCUT2D eigenvalue weighted by Crippen LogP contribution is -2.44. The summed E-state index contributed by atoms with van der Waals surface area (Å²) in [5, 5.41) is 0. The molecular formula is C28H24NO2+. The van der Waals surface area contributed by atoms with Gasteiger partial charge in [0.25, 0.3) is 0 Å². The number of aryl methyl sites for hydroxylation is 1. The minimum absolute atomic E-state index is 0.173. The summed E-state index contributed by atoms with van der Waals surface area (Å²) in [6, 6.07) is 31.6. The molecule has 0 bridgehead atoms. The summed E-state index contributed by atoms with van der Waals surface area (Å²) in [6.07, 6.45) is 1.93. The Morgan fingerprint density at radius 3 is 2.16 bits per heavy atom. The smallest absolute Gasteiger partial charge is 0.372 e. The molecule has 0 spiro atoms. The molecule has 0 fully saturated rings. The van der Waals surface area contributed by atoms with Crippen molar-refractivity contribution >= 4 is 5.97 Å². The van der Waals surface area contributed by atoms with Crippen molar-refractivity contribution in [2.24, 2.45) is 0 Å². The van der Waals surface area contributed by atoms with Crippen molar-refractivity contribution in [1.29, 1.82) is 0 Å². The Balaban J connectivity index is 1.88. The van der Waals surface area contributed by atoms with Crippen LogP contribution in [0.1, 0.15) is 11.1 Å². The largest absolute Gasteiger partial charge is 0.464 e. The molecular weight excluding hydrogens is 382 g/mol. The van der Waals surface area contributed by atoms with Crippen molar-refractivity contribution in [1.82, 2.24) is 0 Å². The molecule has 3 aromatic carbocycles. The van der Waals surface area contributed by atoms with Gasteiger partial charge < -0.3 is 4.74 Å². The summed E-state index contributed by atoms with van der Waals surface area (Å²) < 4.78 is 7.22. The van der Waals surface area contributed by atoms with Crippen LogP contribution >= 0.6 is 0 Å². The molecule has 0 radical (unpaired) electrons. The second-order valence-corrected chi connectivity index (χ2v) is 7.82. The lowest BCUT2D eigenvalue weighted by atomic mass is 9.83. The normalized spacial score (nSPS) is 12.0. The molecule has 0 N–H and O–H groups in total. The van der Waals surface area contributed by atoms with E-state index in [0.717, 1.165) is 29.8 Å². The topological polar surface area (TPSA) is 30.2 Å². The van der Waals surface area contributed by atoms with E-state index in [-0.39, 0.29) is 12.5 Å². The highest BCUT2D eigenvalue weighted by Crippen LogP contribution is 2.39. The maximum atomic E-state index is 12.5. The Labute approximate surface area is 182 Å². The minimum Gasteiger partial charge on any atom is -0.464 e. The summed E-state index contributed by atoms with van der Waals surface area (Å²) in [5.41, 5.74) is 9.43. The number of hydrogen-bond acceptors (Lipinski definition) is 2. The molecule has 1 aliphatic carbocycles. The number of pyridine rings is 1. The van der Waals surface area contributed by atoms with E-state index in [1.54, 1.807) is 0 Å². The highest BCUT2D eigenvalue weighted by molar-refractivity contribution is 5.81. The molecule has 5 rings (SSSR count). The van der Waals surface area contributed by atoms with E-state index in [4.69, 9.17) is 4.74 Å². The lowest BCUT2D eigenvalue weighted by Gasteiger charge is -2.22. The van der Waals surface area contributed by atoms with Gasteiger partial charge in [0.1, 0.15) is 0 Å². The average Bonchev–Trinajstić information content (AvgIpc) is 2.84. The van der Waals surface area contributed by atoms with Gasteiger partial charge in [0.05, 0.1) is 7.11 Å². The van der Waals surface area contributed by atoms with Gasteiger partial charge in [-0.3, -0.25) is 0 Å². The van der Waals surface area contributed by atoms with Gasteiger partial charge in [-0.25, -0.2) is 4.79 Å². The first-order valence-electron chi connectivity index (χ1n) is 10.6. The molecule has 0 aliphatic heterocycles. The van der Waals surface area contributed by atoms with Crippen molar-refractivity contribution in [3.05, 3.63) is 102 Å². The summed E-state index contributed by atoms with van der Waals surface area (Å²) in [7, 11) is 1.45. The first-order chi connectivity index (χ1) is 15.3. The Morgan fingerprint density at radius 1 is 0.806 bits per heavy atom. The third-order valence-corrected chi connectivity index (χ3v) is 6.04. The zero-order valence-corrected chi connectivity index (χ0v) is 17.5. The first kappa shape index (κ1) is 19.3. The van der Waals surface area contributed by atoms with Crippen molar-refractivity contribution in [3.8, 4) is 33.6 Å². The van der Waals surface area contributed by atoms with E-state index >= 15 is 0 Å². The minimum atomic E-state index is -0.250. The molecule has 31 heavy (non-hydrogen) atoms. The number of carbonyl (C=O) groups excluding carboxylic acids is 1. The van der Waals surface area contributed by atoms with Crippen LogP contribution in [0.2, 0.25) is 0 Å². The molecule has 0 saturated heterocycles. The van der Waals surface area contributed by atoms with Gasteiger partial charge in [-0.15, -0.1) is 0 Å². The number of methoxy groups -OCH3 is 1. The van der Waals surface area contributed by atoms with Gasteiger partial charge in [-0.1, -0.05) is 66.7 Å². The number of nitrogens with zero attached hydrogens (tertiary/aromatic N) is 1. The standard InChI is InChI=1S/C28H24NO2/c1-31-27(30)19-29-26(22-13-6-3-7-14-22)18-25(20-10-4-2-5-11-20)24-17-16-21-12-8-9-15-23(21)28(24)29/h2-15,18H,16-17,19H2,1H3/q+1. The Kier molecular flexibility index (Phi) is 5.09. The van der Waals surface area contributed by atoms with E-state index in [1.165, 1.54) is 34.9 Å². The fourth-order valence-corrected chi connectivity index (χ4v) is 4.58. The van der Waals surface area contributed by atoms with Gasteiger partial charge in [-0.2, -0.15) is 4.57 Å². The number of aromatic nitrogens is 1. The Bertz CT molecular complexity index is 1250. The average molecular weight is 407 g/mol. The highest BCUT2D eigenvalue weighted by atomic mass is 16.5. The maximum absolute atomic E-state index is 12.5. The number of benzene rings is 3. The predicted molar refractivity (Wildman–Crippen MR) is 122 cm³/mol. The van der Waals surface area contributed by atoms with E-state index in [0.29, 0.717) is 0 Å². The van der Waals surface area contributed by atoms with E-state index in [1.807, 2.05) is 24.3 Å². The zero-order chi connectivity index (χ0) is 21.2. The molecule has 0 unspecified atom stereocenters. The molecule has 0 saturated carbocycles. The van der Waals surface area contributed by atoms with Crippen molar-refractivity contribution in [2.45, 2.75) is 19.4 Å². The van der Waals surface area contributed by atoms with Crippen molar-refractivity contribution in [2.75, 3.05) is 7.11 Å². The Hall–Kier alpha value is -3.72. The van der Waals surface area contributed by atoms with Gasteiger partial charge in [0.2, 0.25) is 17.9 Å². The van der Waals surface area contributed by atoms with E-state index < -0.39 is 0 Å². The molecule has 1 heterocycles. The highest BCUT2D eigenvalue weighted by Gasteiger charge is 2.33. The summed E-state index contributed by atoms with van der Waals surface area (Å²) in [4.78, 5) is 12.5. The van der Waals surface area contributed by atoms with Crippen molar-refractivity contribution < 1.29 is 14.1 Å². The second-order valence-electron chi connectivity index (χ2n) is 7.82. The number of hydrogen-bond donors (Lipinski definition) is 0. The molecule has 3 heteroatoms. The number of carbonyl (C=O) groups is 1. The predicted octanol–water partition coefficient (Wildman–Crippen LogP) is 5.25. The summed E-state index contributed by atoms with van der Waals surface area (Å²) >= 11 is 0. The molecule has 0 atom stereocenters. The number of fused-ring (bicyclic) bond motifs is 3. The third kappa shape index (κ3) is 3.53. The van der Waals surface area contributed by atoms with Crippen LogP contribution in [0.25, 0.3) is 33.6 Å². The van der Waals surface area contributed by atoms with Crippen LogP contribution < -0.4 is 4.57 Å². The van der Waals surface area contributed by atoms with Crippen LogP contribution in [0.4, 0.5) is 0 Å². The number of rotatable bonds is 4. The lowest BCUT2D eigenvalue weighted by molar-refractivity contribution is -0.664. The van der Waals surface area contributed by atoms with E-state index in [2.05, 4.69) is 71.3 Å². The van der Waals surface area contributed by atoms with Crippen LogP contribution in [0.15, 0.2) is 91.0 Å². The van der Waals surface area contributed by atoms with Crippen LogP contribution in [0.3, 0.4) is 0 Å². The maximum Gasteiger partial charge on any atom is 0.372 e. The third-order valence-electron chi connectivity index (χ3n) is 6.04. The van der Waals surface area contributed by atoms with Crippen LogP contribution in [0.5, 0.6) is 0 Å². The van der Waals surface area contributed by atoms with Gasteiger partial charge in [0, 0.05) is 22.8 Å². The molecule has 3 nitrogen and oxygen atoms in total. The molecule has 0 amide bonds. The zero-order valence-electron chi connectivity index (χ0n) is 17.5.